The summed E-state index contributed by atoms with van der Waals surface area (Å²) in [5, 5.41) is 3.45. The lowest BCUT2D eigenvalue weighted by molar-refractivity contribution is 0.874. The van der Waals surface area contributed by atoms with E-state index in [2.05, 4.69) is 64.3 Å². The summed E-state index contributed by atoms with van der Waals surface area (Å²) in [7, 11) is 0. The molecule has 100 valence electrons. The van der Waals surface area contributed by atoms with Crippen molar-refractivity contribution in [3.05, 3.63) is 58.3 Å². The molecule has 1 unspecified atom stereocenters. The van der Waals surface area contributed by atoms with E-state index < -0.39 is 0 Å². The lowest BCUT2D eigenvalue weighted by Gasteiger charge is -2.16. The number of pyridine rings is 1. The maximum atomic E-state index is 4.22. The molecule has 0 aliphatic carbocycles. The number of benzene rings is 1. The third-order valence-electron chi connectivity index (χ3n) is 3.13. The summed E-state index contributed by atoms with van der Waals surface area (Å²) in [6.45, 7) is 4.37. The Morgan fingerprint density at radius 2 is 1.89 bits per heavy atom. The molecule has 0 fully saturated rings. The Bertz CT molecular complexity index is 505. The second kappa shape index (κ2) is 6.71. The standard InChI is InChI=1S/C16H19BrN2/c1-3-4-13-5-7-14(8-6-13)12(2)19-15-9-10-16(17)18-11-15/h5-12,19H,3-4H2,1-2H3. The molecule has 1 aromatic carbocycles. The van der Waals surface area contributed by atoms with Crippen molar-refractivity contribution >= 4 is 21.6 Å². The molecular weight excluding hydrogens is 300 g/mol. The number of rotatable bonds is 5. The van der Waals surface area contributed by atoms with Gasteiger partial charge in [0.25, 0.3) is 0 Å². The van der Waals surface area contributed by atoms with Gasteiger partial charge in [0.05, 0.1) is 11.9 Å². The van der Waals surface area contributed by atoms with E-state index >= 15 is 0 Å². The summed E-state index contributed by atoms with van der Waals surface area (Å²) >= 11 is 3.34. The van der Waals surface area contributed by atoms with Gasteiger partial charge in [-0.05, 0) is 52.5 Å². The molecule has 1 N–H and O–H groups in total. The van der Waals surface area contributed by atoms with E-state index in [0.717, 1.165) is 16.7 Å². The Morgan fingerprint density at radius 3 is 2.47 bits per heavy atom. The largest absolute Gasteiger partial charge is 0.377 e. The zero-order valence-corrected chi connectivity index (χ0v) is 12.9. The minimum atomic E-state index is 0.277. The van der Waals surface area contributed by atoms with E-state index in [1.807, 2.05) is 18.3 Å². The normalized spacial score (nSPS) is 12.2. The first-order valence-corrected chi connectivity index (χ1v) is 7.45. The number of hydrogen-bond acceptors (Lipinski definition) is 2. The molecule has 3 heteroatoms. The van der Waals surface area contributed by atoms with Crippen LogP contribution in [0.25, 0.3) is 0 Å². The first kappa shape index (κ1) is 14.1. The number of nitrogens with one attached hydrogen (secondary N) is 1. The van der Waals surface area contributed by atoms with Crippen LogP contribution in [0.5, 0.6) is 0 Å². The van der Waals surface area contributed by atoms with E-state index in [4.69, 9.17) is 0 Å². The molecule has 19 heavy (non-hydrogen) atoms. The number of halogens is 1. The second-order valence-electron chi connectivity index (χ2n) is 4.73. The molecule has 0 amide bonds. The Balaban J connectivity index is 2.02. The van der Waals surface area contributed by atoms with Gasteiger partial charge in [-0.25, -0.2) is 4.98 Å². The average Bonchev–Trinajstić information content (AvgIpc) is 2.42. The fraction of sp³-hybridized carbons (Fsp3) is 0.312. The van der Waals surface area contributed by atoms with Crippen LogP contribution in [0.15, 0.2) is 47.2 Å². The van der Waals surface area contributed by atoms with Gasteiger partial charge in [-0.1, -0.05) is 37.6 Å². The lowest BCUT2D eigenvalue weighted by Crippen LogP contribution is -2.06. The average molecular weight is 319 g/mol. The van der Waals surface area contributed by atoms with Crippen LogP contribution in [-0.4, -0.2) is 4.98 Å². The third kappa shape index (κ3) is 4.06. The summed E-state index contributed by atoms with van der Waals surface area (Å²) < 4.78 is 0.856. The molecule has 1 heterocycles. The Morgan fingerprint density at radius 1 is 1.16 bits per heavy atom. The van der Waals surface area contributed by atoms with Crippen molar-refractivity contribution in [3.63, 3.8) is 0 Å². The van der Waals surface area contributed by atoms with E-state index in [1.165, 1.54) is 17.5 Å². The highest BCUT2D eigenvalue weighted by atomic mass is 79.9. The molecule has 0 aliphatic heterocycles. The van der Waals surface area contributed by atoms with Gasteiger partial charge in [0.15, 0.2) is 0 Å². The summed E-state index contributed by atoms with van der Waals surface area (Å²) in [6, 6.07) is 13.1. The first-order chi connectivity index (χ1) is 9.19. The van der Waals surface area contributed by atoms with Crippen molar-refractivity contribution in [2.75, 3.05) is 5.32 Å². The van der Waals surface area contributed by atoms with Crippen LogP contribution >= 0.6 is 15.9 Å². The van der Waals surface area contributed by atoms with Gasteiger partial charge in [-0.15, -0.1) is 0 Å². The molecule has 1 aromatic heterocycles. The second-order valence-corrected chi connectivity index (χ2v) is 5.54. The molecule has 0 saturated carbocycles. The van der Waals surface area contributed by atoms with E-state index in [-0.39, 0.29) is 6.04 Å². The maximum Gasteiger partial charge on any atom is 0.106 e. The molecule has 2 nitrogen and oxygen atoms in total. The van der Waals surface area contributed by atoms with Crippen molar-refractivity contribution in [1.29, 1.82) is 0 Å². The summed E-state index contributed by atoms with van der Waals surface area (Å²) in [6.07, 6.45) is 4.18. The number of anilines is 1. The molecule has 0 spiro atoms. The first-order valence-electron chi connectivity index (χ1n) is 6.66. The summed E-state index contributed by atoms with van der Waals surface area (Å²) in [5.41, 5.74) is 3.74. The van der Waals surface area contributed by atoms with Gasteiger partial charge in [-0.2, -0.15) is 0 Å². The third-order valence-corrected chi connectivity index (χ3v) is 3.60. The van der Waals surface area contributed by atoms with Crippen molar-refractivity contribution in [2.45, 2.75) is 32.7 Å². The molecule has 0 saturated heterocycles. The molecule has 2 aromatic rings. The van der Waals surface area contributed by atoms with Crippen molar-refractivity contribution in [3.8, 4) is 0 Å². The van der Waals surface area contributed by atoms with Gasteiger partial charge in [-0.3, -0.25) is 0 Å². The minimum absolute atomic E-state index is 0.277. The van der Waals surface area contributed by atoms with Crippen LogP contribution in [-0.2, 0) is 6.42 Å². The monoisotopic (exact) mass is 318 g/mol. The van der Waals surface area contributed by atoms with E-state index in [9.17, 15) is 0 Å². The highest BCUT2D eigenvalue weighted by Gasteiger charge is 2.05. The fourth-order valence-electron chi connectivity index (χ4n) is 2.06. The van der Waals surface area contributed by atoms with Crippen molar-refractivity contribution in [2.24, 2.45) is 0 Å². The lowest BCUT2D eigenvalue weighted by atomic mass is 10.0. The highest BCUT2D eigenvalue weighted by Crippen LogP contribution is 2.20. The van der Waals surface area contributed by atoms with Crippen LogP contribution in [0.4, 0.5) is 5.69 Å². The van der Waals surface area contributed by atoms with Crippen molar-refractivity contribution < 1.29 is 0 Å². The Hall–Kier alpha value is -1.35. The van der Waals surface area contributed by atoms with Gasteiger partial charge in [0.1, 0.15) is 4.60 Å². The van der Waals surface area contributed by atoms with Crippen LogP contribution < -0.4 is 5.32 Å². The molecule has 0 aliphatic rings. The van der Waals surface area contributed by atoms with Crippen LogP contribution in [0, 0.1) is 0 Å². The Kier molecular flexibility index (Phi) is 4.97. The Labute approximate surface area is 123 Å². The molecule has 1 atom stereocenters. The molecule has 2 rings (SSSR count). The van der Waals surface area contributed by atoms with Gasteiger partial charge >= 0.3 is 0 Å². The number of nitrogens with zero attached hydrogens (tertiary/aromatic N) is 1. The zero-order chi connectivity index (χ0) is 13.7. The smallest absolute Gasteiger partial charge is 0.106 e. The fourth-order valence-corrected chi connectivity index (χ4v) is 2.29. The summed E-state index contributed by atoms with van der Waals surface area (Å²) in [4.78, 5) is 4.22. The molecular formula is C16H19BrN2. The van der Waals surface area contributed by atoms with Crippen molar-refractivity contribution in [1.82, 2.24) is 4.98 Å². The van der Waals surface area contributed by atoms with E-state index in [0.29, 0.717) is 0 Å². The maximum absolute atomic E-state index is 4.22. The molecule has 0 bridgehead atoms. The number of hydrogen-bond donors (Lipinski definition) is 1. The predicted octanol–water partition coefficient (Wildman–Crippen LogP) is 4.97. The minimum Gasteiger partial charge on any atom is -0.377 e. The number of aromatic nitrogens is 1. The zero-order valence-electron chi connectivity index (χ0n) is 11.4. The quantitative estimate of drug-likeness (QED) is 0.787. The van der Waals surface area contributed by atoms with E-state index in [1.54, 1.807) is 0 Å². The van der Waals surface area contributed by atoms with Crippen LogP contribution in [0.1, 0.15) is 37.4 Å². The number of aryl methyl sites for hydroxylation is 1. The SMILES string of the molecule is CCCc1ccc(C(C)Nc2ccc(Br)nc2)cc1. The highest BCUT2D eigenvalue weighted by molar-refractivity contribution is 9.10. The van der Waals surface area contributed by atoms with Crippen LogP contribution in [0.2, 0.25) is 0 Å². The molecule has 0 radical (unpaired) electrons. The van der Waals surface area contributed by atoms with Gasteiger partial charge < -0.3 is 5.32 Å². The van der Waals surface area contributed by atoms with Gasteiger partial charge in [0.2, 0.25) is 0 Å². The van der Waals surface area contributed by atoms with Gasteiger partial charge in [0, 0.05) is 6.04 Å². The predicted molar refractivity (Wildman–Crippen MR) is 84.4 cm³/mol. The van der Waals surface area contributed by atoms with Crippen LogP contribution in [0.3, 0.4) is 0 Å². The summed E-state index contributed by atoms with van der Waals surface area (Å²) in [5.74, 6) is 0. The topological polar surface area (TPSA) is 24.9 Å².